The van der Waals surface area contributed by atoms with E-state index in [9.17, 15) is 129 Å². The Bertz CT molecular complexity index is 2070. The summed E-state index contributed by atoms with van der Waals surface area (Å²) in [6.45, 7) is 0. The molecule has 0 spiro atoms. The van der Waals surface area contributed by atoms with Crippen LogP contribution >= 0.6 is 0 Å². The topological polar surface area (TPSA) is 72.9 Å². The molecule has 6 nitrogen and oxygen atoms in total. The summed E-state index contributed by atoms with van der Waals surface area (Å²) in [4.78, 5) is 41.0. The summed E-state index contributed by atoms with van der Waals surface area (Å²) in [7, 11) is 0. The van der Waals surface area contributed by atoms with Crippen LogP contribution in [0.1, 0.15) is 54.0 Å². The van der Waals surface area contributed by atoms with Crippen LogP contribution in [0.3, 0.4) is 0 Å². The molecule has 0 unspecified atom stereocenters. The number of amides is 2. The normalized spacial score (nSPS) is 16.8. The predicted octanol–water partition coefficient (Wildman–Crippen LogP) is 12.3. The monoisotopic (exact) mass is 1020 g/mol. The molecular weight excluding hydrogens is 996 g/mol. The molecule has 1 aliphatic carbocycles. The lowest BCUT2D eigenvalue weighted by Gasteiger charge is -2.39. The van der Waals surface area contributed by atoms with Crippen molar-refractivity contribution in [2.75, 3.05) is 0 Å². The maximum atomic E-state index is 14.6. The van der Waals surface area contributed by atoms with Gasteiger partial charge in [-0.15, -0.1) is 0 Å². The SMILES string of the molecule is O=C(OC1c2cc(CCC(F)(F)C(F)(F)C(F)(F)C(F)(F)C(F)(F)C(F)(F)F)ccc2-c2ccc(CCC(F)(F)C(F)(F)C(F)(F)C(F)(F)C(F)(F)C(F)(F)F)cc21)ON1C(=O)CCC1=O. The van der Waals surface area contributed by atoms with Crippen LogP contribution in [0.25, 0.3) is 11.1 Å². The summed E-state index contributed by atoms with van der Waals surface area (Å²) in [6, 6.07) is 3.71. The largest absolute Gasteiger partial charge is 0.534 e. The van der Waals surface area contributed by atoms with E-state index in [-0.39, 0.29) is 16.2 Å². The molecule has 0 radical (unpaired) electrons. The van der Waals surface area contributed by atoms with Crippen molar-refractivity contribution in [3.63, 3.8) is 0 Å². The van der Waals surface area contributed by atoms with Crippen molar-refractivity contribution in [2.24, 2.45) is 0 Å². The van der Waals surface area contributed by atoms with E-state index in [0.717, 1.165) is 12.1 Å². The van der Waals surface area contributed by atoms with Crippen LogP contribution in [0.5, 0.6) is 0 Å². The van der Waals surface area contributed by atoms with E-state index < -0.39 is 156 Å². The molecule has 0 saturated carbocycles. The van der Waals surface area contributed by atoms with Crippen molar-refractivity contribution < 1.29 is 138 Å². The molecule has 0 aromatic heterocycles. The molecule has 0 bridgehead atoms. The highest BCUT2D eigenvalue weighted by molar-refractivity contribution is 6.01. The van der Waals surface area contributed by atoms with E-state index in [2.05, 4.69) is 4.84 Å². The molecule has 66 heavy (non-hydrogen) atoms. The van der Waals surface area contributed by atoms with Crippen molar-refractivity contribution in [2.45, 2.75) is 116 Å². The number of carbonyl (C=O) groups excluding carboxylic acids is 3. The maximum absolute atomic E-state index is 14.6. The molecule has 2 aliphatic rings. The second-order valence-electron chi connectivity index (χ2n) is 14.3. The summed E-state index contributed by atoms with van der Waals surface area (Å²) in [5.41, 5.74) is -3.64. The van der Waals surface area contributed by atoms with Crippen LogP contribution in [-0.4, -0.2) is 94.6 Å². The molecular formula is C34H19F26NO5. The van der Waals surface area contributed by atoms with Gasteiger partial charge < -0.3 is 4.74 Å². The Kier molecular flexibility index (Phi) is 13.1. The number of ether oxygens (including phenoxy) is 1. The number of fused-ring (bicyclic) bond motifs is 3. The molecule has 0 atom stereocenters. The van der Waals surface area contributed by atoms with Crippen LogP contribution in [0.15, 0.2) is 36.4 Å². The fourth-order valence-corrected chi connectivity index (χ4v) is 6.13. The van der Waals surface area contributed by atoms with Gasteiger partial charge in [0, 0.05) is 36.8 Å². The third-order valence-electron chi connectivity index (χ3n) is 9.92. The highest BCUT2D eigenvalue weighted by Gasteiger charge is 2.92. The second-order valence-corrected chi connectivity index (χ2v) is 14.3. The number of aryl methyl sites for hydroxylation is 2. The summed E-state index contributed by atoms with van der Waals surface area (Å²) in [5.74, 6) is -79.8. The van der Waals surface area contributed by atoms with E-state index in [4.69, 9.17) is 4.74 Å². The molecule has 1 aliphatic heterocycles. The standard InChI is InChI=1S/C34H19F26NO5/c35-23(36,25(39,40)27(43,44)29(47,48)31(51,52)33(55,56)57)9-7-13-1-3-15-16-4-2-14(12-18(16)21(17(15)11-13)65-22(64)66-61-19(62)5-6-20(61)63)8-10-24(37,38)26(41,42)28(45,46)30(49,50)32(53,54)34(58,59)60/h1-4,11-12,21H,5-10H2. The van der Waals surface area contributed by atoms with E-state index in [1.165, 1.54) is 0 Å². The number of hydrogen-bond acceptors (Lipinski definition) is 5. The van der Waals surface area contributed by atoms with Gasteiger partial charge >= 0.3 is 77.7 Å². The van der Waals surface area contributed by atoms with E-state index >= 15 is 0 Å². The van der Waals surface area contributed by atoms with Gasteiger partial charge in [-0.05, 0) is 35.1 Å². The minimum absolute atomic E-state index is 0.190. The van der Waals surface area contributed by atoms with E-state index in [1.807, 2.05) is 0 Å². The van der Waals surface area contributed by atoms with Gasteiger partial charge in [0.05, 0.1) is 0 Å². The van der Waals surface area contributed by atoms with Crippen LogP contribution < -0.4 is 0 Å². The van der Waals surface area contributed by atoms with Gasteiger partial charge in [-0.3, -0.25) is 14.4 Å². The number of nitrogens with zero attached hydrogens (tertiary/aromatic N) is 1. The van der Waals surface area contributed by atoms with E-state index in [1.54, 1.807) is 0 Å². The van der Waals surface area contributed by atoms with Crippen molar-refractivity contribution in [3.05, 3.63) is 58.7 Å². The summed E-state index contributed by atoms with van der Waals surface area (Å²) < 4.78 is 359. The van der Waals surface area contributed by atoms with Crippen molar-refractivity contribution in [1.29, 1.82) is 0 Å². The Balaban J connectivity index is 1.69. The van der Waals surface area contributed by atoms with Crippen LogP contribution in [-0.2, 0) is 32.0 Å². The van der Waals surface area contributed by atoms with Crippen LogP contribution in [0, 0.1) is 0 Å². The molecule has 372 valence electrons. The number of carbonyl (C=O) groups is 3. The van der Waals surface area contributed by atoms with Gasteiger partial charge in [0.1, 0.15) is 0 Å². The summed E-state index contributed by atoms with van der Waals surface area (Å²) in [6.07, 6.45) is -29.9. The zero-order valence-corrected chi connectivity index (χ0v) is 31.1. The van der Waals surface area contributed by atoms with Crippen molar-refractivity contribution >= 4 is 18.0 Å². The molecule has 1 fully saturated rings. The zero-order valence-electron chi connectivity index (χ0n) is 31.1. The molecule has 4 rings (SSSR count). The van der Waals surface area contributed by atoms with Gasteiger partial charge in [-0.2, -0.15) is 114 Å². The fraction of sp³-hybridized carbons (Fsp3) is 0.559. The van der Waals surface area contributed by atoms with E-state index in [0.29, 0.717) is 24.3 Å². The lowest BCUT2D eigenvalue weighted by molar-refractivity contribution is -0.440. The molecule has 2 aromatic rings. The fourth-order valence-electron chi connectivity index (χ4n) is 6.13. The third kappa shape index (κ3) is 8.17. The maximum Gasteiger partial charge on any atom is 0.534 e. The molecule has 1 saturated heterocycles. The Morgan fingerprint density at radius 2 is 0.773 bits per heavy atom. The summed E-state index contributed by atoms with van der Waals surface area (Å²) in [5, 5.41) is -0.190. The average molecular weight is 1020 g/mol. The first-order valence-electron chi connectivity index (χ1n) is 17.2. The third-order valence-corrected chi connectivity index (χ3v) is 9.92. The first kappa shape index (κ1) is 53.6. The zero-order chi connectivity index (χ0) is 51.3. The highest BCUT2D eigenvalue weighted by atomic mass is 19.4. The molecule has 2 aromatic carbocycles. The minimum atomic E-state index is -8.22. The quantitative estimate of drug-likeness (QED) is 0.0952. The van der Waals surface area contributed by atoms with Gasteiger partial charge in [-0.1, -0.05) is 41.5 Å². The molecule has 1 heterocycles. The number of rotatable bonds is 16. The van der Waals surface area contributed by atoms with Gasteiger partial charge in [0.2, 0.25) is 0 Å². The number of imide groups is 1. The smallest absolute Gasteiger partial charge is 0.420 e. The summed E-state index contributed by atoms with van der Waals surface area (Å²) >= 11 is 0. The van der Waals surface area contributed by atoms with Gasteiger partial charge in [-0.25, -0.2) is 4.79 Å². The van der Waals surface area contributed by atoms with Crippen LogP contribution in [0.4, 0.5) is 119 Å². The average Bonchev–Trinajstić information content (AvgIpc) is 3.64. The number of halogens is 26. The Hall–Kier alpha value is -4.97. The lowest BCUT2D eigenvalue weighted by atomic mass is 9.90. The number of hydrogen-bond donors (Lipinski definition) is 0. The first-order valence-corrected chi connectivity index (χ1v) is 17.2. The molecule has 32 heteroatoms. The van der Waals surface area contributed by atoms with Crippen molar-refractivity contribution in [3.8, 4) is 11.1 Å². The van der Waals surface area contributed by atoms with Gasteiger partial charge in [0.15, 0.2) is 6.10 Å². The number of hydroxylamine groups is 2. The minimum Gasteiger partial charge on any atom is -0.420 e. The highest BCUT2D eigenvalue weighted by Crippen LogP contribution is 2.63. The predicted molar refractivity (Wildman–Crippen MR) is 161 cm³/mol. The molecule has 0 N–H and O–H groups in total. The molecule has 2 amide bonds. The second kappa shape index (κ2) is 16.1. The Labute approximate surface area is 347 Å². The number of benzene rings is 2. The van der Waals surface area contributed by atoms with Crippen LogP contribution in [0.2, 0.25) is 0 Å². The van der Waals surface area contributed by atoms with Crippen molar-refractivity contribution in [1.82, 2.24) is 5.06 Å². The number of alkyl halides is 26. The Morgan fingerprint density at radius 3 is 1.08 bits per heavy atom. The Morgan fingerprint density at radius 1 is 0.470 bits per heavy atom. The van der Waals surface area contributed by atoms with Gasteiger partial charge in [0.25, 0.3) is 11.8 Å². The first-order chi connectivity index (χ1) is 29.3. The lowest BCUT2D eigenvalue weighted by Crippen LogP contribution is -2.70.